The summed E-state index contributed by atoms with van der Waals surface area (Å²) in [6.07, 6.45) is 0.282. The molecule has 132 valence electrons. The van der Waals surface area contributed by atoms with E-state index in [1.807, 2.05) is 60.7 Å². The van der Waals surface area contributed by atoms with Crippen LogP contribution in [0.15, 0.2) is 60.7 Å². The third-order valence-electron chi connectivity index (χ3n) is 4.64. The van der Waals surface area contributed by atoms with Gasteiger partial charge in [-0.2, -0.15) is 0 Å². The Bertz CT molecular complexity index is 678. The standard InChI is InChI=1S/C20H24N2O3/c21-18-11-16(13-23)12-22(19(18)17-9-5-2-6-10-17)20(24)25-14-15-7-3-1-4-8-15/h1-10,16,18-19,23H,11-14,21H2/t16-,18+,19+/m1/s1. The number of nitrogens with zero attached hydrogens (tertiary/aromatic N) is 1. The zero-order valence-corrected chi connectivity index (χ0v) is 14.1. The molecule has 0 spiro atoms. The molecule has 1 aliphatic heterocycles. The summed E-state index contributed by atoms with van der Waals surface area (Å²) < 4.78 is 5.51. The van der Waals surface area contributed by atoms with Crippen molar-refractivity contribution < 1.29 is 14.6 Å². The van der Waals surface area contributed by atoms with Gasteiger partial charge in [0.25, 0.3) is 0 Å². The van der Waals surface area contributed by atoms with Crippen LogP contribution in [-0.4, -0.2) is 35.3 Å². The number of benzene rings is 2. The van der Waals surface area contributed by atoms with Crippen molar-refractivity contribution >= 4 is 6.09 Å². The number of hydrogen-bond acceptors (Lipinski definition) is 4. The topological polar surface area (TPSA) is 75.8 Å². The van der Waals surface area contributed by atoms with Gasteiger partial charge in [0.15, 0.2) is 0 Å². The van der Waals surface area contributed by atoms with Crippen LogP contribution in [0.2, 0.25) is 0 Å². The predicted octanol–water partition coefficient (Wildman–Crippen LogP) is 2.71. The lowest BCUT2D eigenvalue weighted by Crippen LogP contribution is -2.52. The van der Waals surface area contributed by atoms with Gasteiger partial charge in [-0.05, 0) is 17.5 Å². The molecule has 0 radical (unpaired) electrons. The van der Waals surface area contributed by atoms with E-state index in [0.29, 0.717) is 13.0 Å². The number of nitrogens with two attached hydrogens (primary N) is 1. The van der Waals surface area contributed by atoms with Gasteiger partial charge in [-0.1, -0.05) is 60.7 Å². The van der Waals surface area contributed by atoms with Gasteiger partial charge >= 0.3 is 6.09 Å². The van der Waals surface area contributed by atoms with Crippen LogP contribution in [0.4, 0.5) is 4.79 Å². The summed E-state index contributed by atoms with van der Waals surface area (Å²) in [5.74, 6) is -0.0285. The quantitative estimate of drug-likeness (QED) is 0.897. The molecule has 1 heterocycles. The van der Waals surface area contributed by atoms with Crippen molar-refractivity contribution in [3.8, 4) is 0 Å². The van der Waals surface area contributed by atoms with Gasteiger partial charge in [0.05, 0.1) is 6.04 Å². The van der Waals surface area contributed by atoms with Gasteiger partial charge in [0.2, 0.25) is 0 Å². The van der Waals surface area contributed by atoms with E-state index >= 15 is 0 Å². The molecule has 0 aliphatic carbocycles. The fourth-order valence-corrected chi connectivity index (χ4v) is 3.41. The highest BCUT2D eigenvalue weighted by atomic mass is 16.6. The van der Waals surface area contributed by atoms with Crippen LogP contribution in [0.1, 0.15) is 23.6 Å². The minimum Gasteiger partial charge on any atom is -0.445 e. The van der Waals surface area contributed by atoms with Crippen molar-refractivity contribution in [3.05, 3.63) is 71.8 Å². The van der Waals surface area contributed by atoms with Crippen LogP contribution >= 0.6 is 0 Å². The van der Waals surface area contributed by atoms with Gasteiger partial charge in [-0.3, -0.25) is 4.90 Å². The average Bonchev–Trinajstić information content (AvgIpc) is 2.67. The van der Waals surface area contributed by atoms with E-state index < -0.39 is 6.09 Å². The first-order valence-corrected chi connectivity index (χ1v) is 8.57. The van der Waals surface area contributed by atoms with Gasteiger partial charge in [0, 0.05) is 25.1 Å². The maximum absolute atomic E-state index is 12.7. The number of carbonyl (C=O) groups excluding carboxylic acids is 1. The SMILES string of the molecule is N[C@H]1C[C@@H](CO)CN(C(=O)OCc2ccccc2)[C@H]1c1ccccc1. The molecular weight excluding hydrogens is 316 g/mol. The smallest absolute Gasteiger partial charge is 0.410 e. The summed E-state index contributed by atoms with van der Waals surface area (Å²) in [7, 11) is 0. The van der Waals surface area contributed by atoms with E-state index in [1.165, 1.54) is 0 Å². The van der Waals surface area contributed by atoms with Crippen LogP contribution in [0.5, 0.6) is 0 Å². The van der Waals surface area contributed by atoms with Crippen molar-refractivity contribution in [2.24, 2.45) is 11.7 Å². The zero-order chi connectivity index (χ0) is 17.6. The summed E-state index contributed by atoms with van der Waals surface area (Å²) in [6, 6.07) is 18.9. The van der Waals surface area contributed by atoms with Crippen molar-refractivity contribution in [2.45, 2.75) is 25.1 Å². The van der Waals surface area contributed by atoms with Crippen molar-refractivity contribution in [1.82, 2.24) is 4.90 Å². The Morgan fingerprint density at radius 2 is 1.76 bits per heavy atom. The normalized spacial score (nSPS) is 23.3. The molecule has 25 heavy (non-hydrogen) atoms. The minimum atomic E-state index is -0.397. The van der Waals surface area contributed by atoms with E-state index in [4.69, 9.17) is 10.5 Å². The van der Waals surface area contributed by atoms with E-state index in [9.17, 15) is 9.90 Å². The lowest BCUT2D eigenvalue weighted by Gasteiger charge is -2.42. The van der Waals surface area contributed by atoms with Crippen molar-refractivity contribution in [1.29, 1.82) is 0 Å². The highest BCUT2D eigenvalue weighted by Gasteiger charge is 2.38. The number of aliphatic hydroxyl groups is 1. The highest BCUT2D eigenvalue weighted by Crippen LogP contribution is 2.33. The fourth-order valence-electron chi connectivity index (χ4n) is 3.41. The van der Waals surface area contributed by atoms with Crippen LogP contribution in [0, 0.1) is 5.92 Å². The third kappa shape index (κ3) is 4.18. The van der Waals surface area contributed by atoms with Gasteiger partial charge in [0.1, 0.15) is 6.61 Å². The number of ether oxygens (including phenoxy) is 1. The summed E-state index contributed by atoms with van der Waals surface area (Å²) in [4.78, 5) is 14.4. The van der Waals surface area contributed by atoms with Crippen LogP contribution in [-0.2, 0) is 11.3 Å². The van der Waals surface area contributed by atoms with E-state index in [-0.39, 0.29) is 31.2 Å². The summed E-state index contributed by atoms with van der Waals surface area (Å²) in [5.41, 5.74) is 8.28. The maximum Gasteiger partial charge on any atom is 0.410 e. The molecule has 5 heteroatoms. The van der Waals surface area contributed by atoms with Gasteiger partial charge in [-0.25, -0.2) is 4.79 Å². The summed E-state index contributed by atoms with van der Waals surface area (Å²) >= 11 is 0. The molecule has 0 unspecified atom stereocenters. The molecular formula is C20H24N2O3. The van der Waals surface area contributed by atoms with E-state index in [0.717, 1.165) is 11.1 Å². The average molecular weight is 340 g/mol. The molecule has 1 aliphatic rings. The Labute approximate surface area is 148 Å². The lowest BCUT2D eigenvalue weighted by atomic mass is 9.86. The van der Waals surface area contributed by atoms with Gasteiger partial charge < -0.3 is 15.6 Å². The number of piperidine rings is 1. The van der Waals surface area contributed by atoms with Crippen molar-refractivity contribution in [2.75, 3.05) is 13.2 Å². The van der Waals surface area contributed by atoms with Crippen LogP contribution < -0.4 is 5.73 Å². The van der Waals surface area contributed by atoms with E-state index in [1.54, 1.807) is 4.90 Å². The van der Waals surface area contributed by atoms with Gasteiger partial charge in [-0.15, -0.1) is 0 Å². The molecule has 2 aromatic carbocycles. The predicted molar refractivity (Wildman–Crippen MR) is 95.7 cm³/mol. The first-order valence-electron chi connectivity index (χ1n) is 8.57. The Balaban J connectivity index is 1.77. The number of likely N-dealkylation sites (tertiary alicyclic amines) is 1. The number of amides is 1. The first-order chi connectivity index (χ1) is 12.2. The second-order valence-electron chi connectivity index (χ2n) is 6.50. The lowest BCUT2D eigenvalue weighted by molar-refractivity contribution is 0.0343. The largest absolute Gasteiger partial charge is 0.445 e. The Kier molecular flexibility index (Phi) is 5.68. The number of aliphatic hydroxyl groups excluding tert-OH is 1. The molecule has 1 fully saturated rings. The summed E-state index contributed by atoms with van der Waals surface area (Å²) in [5, 5.41) is 9.54. The Morgan fingerprint density at radius 1 is 1.12 bits per heavy atom. The van der Waals surface area contributed by atoms with E-state index in [2.05, 4.69) is 0 Å². The Morgan fingerprint density at radius 3 is 2.40 bits per heavy atom. The number of rotatable bonds is 4. The number of hydrogen-bond donors (Lipinski definition) is 2. The fraction of sp³-hybridized carbons (Fsp3) is 0.350. The molecule has 3 atom stereocenters. The third-order valence-corrected chi connectivity index (χ3v) is 4.64. The van der Waals surface area contributed by atoms with Crippen LogP contribution in [0.25, 0.3) is 0 Å². The first kappa shape index (κ1) is 17.5. The second-order valence-corrected chi connectivity index (χ2v) is 6.50. The molecule has 5 nitrogen and oxygen atoms in total. The molecule has 1 amide bonds. The summed E-state index contributed by atoms with van der Waals surface area (Å²) in [6.45, 7) is 0.672. The molecule has 0 aromatic heterocycles. The van der Waals surface area contributed by atoms with Crippen LogP contribution in [0.3, 0.4) is 0 Å². The maximum atomic E-state index is 12.7. The zero-order valence-electron chi connectivity index (χ0n) is 14.1. The molecule has 0 bridgehead atoms. The molecule has 1 saturated heterocycles. The Hall–Kier alpha value is -2.37. The minimum absolute atomic E-state index is 0.0116. The second kappa shape index (κ2) is 8.14. The molecule has 2 aromatic rings. The molecule has 0 saturated carbocycles. The monoisotopic (exact) mass is 340 g/mol. The molecule has 3 rings (SSSR count). The number of carbonyl (C=O) groups is 1. The molecule has 3 N–H and O–H groups in total. The van der Waals surface area contributed by atoms with Crippen molar-refractivity contribution in [3.63, 3.8) is 0 Å². The highest BCUT2D eigenvalue weighted by molar-refractivity contribution is 5.69.